The number of halogens is 2. The first-order valence-corrected chi connectivity index (χ1v) is 5.15. The maximum absolute atomic E-state index is 12.1. The van der Waals surface area contributed by atoms with Gasteiger partial charge >= 0.3 is 6.61 Å². The van der Waals surface area contributed by atoms with E-state index >= 15 is 0 Å². The number of nitrogen functional groups attached to an aromatic ring is 1. The number of anilines is 2. The first kappa shape index (κ1) is 11.0. The first-order chi connectivity index (χ1) is 7.58. The molecule has 3 nitrogen and oxygen atoms in total. The standard InChI is InChI=1S/C11H14F2N2O/c1-15(7-2-3-7)8-4-5-9(14)10(6-8)16-11(12)13/h4-7,11H,2-3,14H2,1H3. The predicted molar refractivity (Wildman–Crippen MR) is 58.9 cm³/mol. The topological polar surface area (TPSA) is 38.5 Å². The molecule has 1 saturated carbocycles. The highest BCUT2D eigenvalue weighted by Crippen LogP contribution is 2.34. The lowest BCUT2D eigenvalue weighted by atomic mass is 10.2. The van der Waals surface area contributed by atoms with E-state index in [0.29, 0.717) is 6.04 Å². The second-order valence-electron chi connectivity index (χ2n) is 3.94. The minimum Gasteiger partial charge on any atom is -0.433 e. The van der Waals surface area contributed by atoms with Gasteiger partial charge in [-0.05, 0) is 25.0 Å². The van der Waals surface area contributed by atoms with E-state index in [2.05, 4.69) is 9.64 Å². The maximum Gasteiger partial charge on any atom is 0.387 e. The molecule has 0 atom stereocenters. The Balaban J connectivity index is 2.20. The molecule has 0 spiro atoms. The molecule has 1 aromatic rings. The number of hydrogen-bond acceptors (Lipinski definition) is 3. The van der Waals surface area contributed by atoms with Crippen molar-refractivity contribution in [3.63, 3.8) is 0 Å². The van der Waals surface area contributed by atoms with E-state index in [1.165, 1.54) is 0 Å². The van der Waals surface area contributed by atoms with E-state index in [-0.39, 0.29) is 11.4 Å². The van der Waals surface area contributed by atoms with Crippen LogP contribution in [0.4, 0.5) is 20.2 Å². The summed E-state index contributed by atoms with van der Waals surface area (Å²) in [6, 6.07) is 5.47. The Labute approximate surface area is 92.8 Å². The molecule has 0 heterocycles. The third-order valence-electron chi connectivity index (χ3n) is 2.72. The van der Waals surface area contributed by atoms with Crippen LogP contribution in [0.25, 0.3) is 0 Å². The molecule has 16 heavy (non-hydrogen) atoms. The van der Waals surface area contributed by atoms with Crippen LogP contribution in [0.15, 0.2) is 18.2 Å². The monoisotopic (exact) mass is 228 g/mol. The van der Waals surface area contributed by atoms with Crippen LogP contribution in [0.1, 0.15) is 12.8 Å². The zero-order valence-electron chi connectivity index (χ0n) is 8.99. The van der Waals surface area contributed by atoms with E-state index < -0.39 is 6.61 Å². The normalized spacial score (nSPS) is 15.2. The van der Waals surface area contributed by atoms with Gasteiger partial charge in [0.25, 0.3) is 0 Å². The highest BCUT2D eigenvalue weighted by atomic mass is 19.3. The van der Waals surface area contributed by atoms with E-state index in [9.17, 15) is 8.78 Å². The molecule has 5 heteroatoms. The van der Waals surface area contributed by atoms with Gasteiger partial charge in [-0.1, -0.05) is 0 Å². The number of nitrogens with zero attached hydrogens (tertiary/aromatic N) is 1. The average Bonchev–Trinajstić information content (AvgIpc) is 3.03. The van der Waals surface area contributed by atoms with E-state index in [1.807, 2.05) is 13.1 Å². The molecular weight excluding hydrogens is 214 g/mol. The van der Waals surface area contributed by atoms with Gasteiger partial charge in [-0.25, -0.2) is 0 Å². The summed E-state index contributed by atoms with van der Waals surface area (Å²) in [5.74, 6) is 0.0417. The number of rotatable bonds is 4. The van der Waals surface area contributed by atoms with Crippen LogP contribution in [0.5, 0.6) is 5.75 Å². The molecule has 1 fully saturated rings. The van der Waals surface area contributed by atoms with Crippen LogP contribution in [-0.2, 0) is 0 Å². The molecule has 0 amide bonds. The number of ether oxygens (including phenoxy) is 1. The van der Waals surface area contributed by atoms with Gasteiger partial charge in [-0.3, -0.25) is 0 Å². The van der Waals surface area contributed by atoms with Crippen molar-refractivity contribution in [2.24, 2.45) is 0 Å². The molecule has 2 N–H and O–H groups in total. The lowest BCUT2D eigenvalue weighted by Crippen LogP contribution is -2.19. The number of benzene rings is 1. The second kappa shape index (κ2) is 4.15. The van der Waals surface area contributed by atoms with Gasteiger partial charge in [-0.15, -0.1) is 0 Å². The highest BCUT2D eigenvalue weighted by molar-refractivity contribution is 5.62. The molecule has 0 unspecified atom stereocenters. The fourth-order valence-electron chi connectivity index (χ4n) is 1.61. The lowest BCUT2D eigenvalue weighted by Gasteiger charge is -2.20. The quantitative estimate of drug-likeness (QED) is 0.804. The Morgan fingerprint density at radius 2 is 2.12 bits per heavy atom. The molecule has 0 saturated heterocycles. The zero-order valence-corrected chi connectivity index (χ0v) is 8.99. The van der Waals surface area contributed by atoms with E-state index in [4.69, 9.17) is 5.73 Å². The summed E-state index contributed by atoms with van der Waals surface area (Å²) < 4.78 is 28.6. The molecule has 0 aromatic heterocycles. The van der Waals surface area contributed by atoms with Gasteiger partial charge in [-0.2, -0.15) is 8.78 Å². The smallest absolute Gasteiger partial charge is 0.387 e. The van der Waals surface area contributed by atoms with Gasteiger partial charge in [0, 0.05) is 24.8 Å². The highest BCUT2D eigenvalue weighted by Gasteiger charge is 2.26. The fourth-order valence-corrected chi connectivity index (χ4v) is 1.61. The predicted octanol–water partition coefficient (Wildman–Crippen LogP) is 2.47. The molecular formula is C11H14F2N2O. The molecule has 1 aliphatic carbocycles. The van der Waals surface area contributed by atoms with Gasteiger partial charge in [0.2, 0.25) is 0 Å². The van der Waals surface area contributed by atoms with Crippen LogP contribution >= 0.6 is 0 Å². The summed E-state index contributed by atoms with van der Waals surface area (Å²) in [7, 11) is 1.94. The molecule has 0 radical (unpaired) electrons. The van der Waals surface area contributed by atoms with Gasteiger partial charge in [0.05, 0.1) is 5.69 Å². The summed E-state index contributed by atoms with van der Waals surface area (Å²) in [6.07, 6.45) is 2.29. The van der Waals surface area contributed by atoms with Crippen molar-refractivity contribution in [1.82, 2.24) is 0 Å². The van der Waals surface area contributed by atoms with Crippen LogP contribution < -0.4 is 15.4 Å². The summed E-state index contributed by atoms with van der Waals surface area (Å²) in [6.45, 7) is -2.84. The largest absolute Gasteiger partial charge is 0.433 e. The third kappa shape index (κ3) is 2.35. The van der Waals surface area contributed by atoms with Crippen molar-refractivity contribution in [3.05, 3.63) is 18.2 Å². The van der Waals surface area contributed by atoms with Crippen molar-refractivity contribution in [1.29, 1.82) is 0 Å². The van der Waals surface area contributed by atoms with Gasteiger partial charge in [0.1, 0.15) is 0 Å². The first-order valence-electron chi connectivity index (χ1n) is 5.15. The Morgan fingerprint density at radius 1 is 1.44 bits per heavy atom. The van der Waals surface area contributed by atoms with Crippen LogP contribution in [0.3, 0.4) is 0 Å². The summed E-state index contributed by atoms with van der Waals surface area (Å²) in [5.41, 5.74) is 6.64. The van der Waals surface area contributed by atoms with Crippen molar-refractivity contribution in [2.45, 2.75) is 25.5 Å². The van der Waals surface area contributed by atoms with Crippen LogP contribution in [0, 0.1) is 0 Å². The Bertz CT molecular complexity index is 380. The second-order valence-corrected chi connectivity index (χ2v) is 3.94. The maximum atomic E-state index is 12.1. The summed E-state index contributed by atoms with van der Waals surface area (Å²) >= 11 is 0. The van der Waals surface area contributed by atoms with E-state index in [1.54, 1.807) is 12.1 Å². The lowest BCUT2D eigenvalue weighted by molar-refractivity contribution is -0.0493. The van der Waals surface area contributed by atoms with Crippen molar-refractivity contribution in [3.8, 4) is 5.75 Å². The Morgan fingerprint density at radius 3 is 2.69 bits per heavy atom. The molecule has 0 bridgehead atoms. The number of nitrogens with two attached hydrogens (primary N) is 1. The molecule has 1 aliphatic rings. The minimum absolute atomic E-state index is 0.0417. The van der Waals surface area contributed by atoms with Crippen molar-refractivity contribution >= 4 is 11.4 Å². The van der Waals surface area contributed by atoms with Gasteiger partial charge in [0.15, 0.2) is 5.75 Å². The van der Waals surface area contributed by atoms with Crippen molar-refractivity contribution in [2.75, 3.05) is 17.7 Å². The number of hydrogen-bond donors (Lipinski definition) is 1. The van der Waals surface area contributed by atoms with Gasteiger partial charge < -0.3 is 15.4 Å². The van der Waals surface area contributed by atoms with Crippen LogP contribution in [0.2, 0.25) is 0 Å². The Kier molecular flexibility index (Phi) is 2.85. The summed E-state index contributed by atoms with van der Waals surface area (Å²) in [4.78, 5) is 2.05. The Hall–Kier alpha value is -1.52. The third-order valence-corrected chi connectivity index (χ3v) is 2.72. The number of alkyl halides is 2. The molecule has 1 aromatic carbocycles. The summed E-state index contributed by atoms with van der Waals surface area (Å²) in [5, 5.41) is 0. The minimum atomic E-state index is -2.84. The fraction of sp³-hybridized carbons (Fsp3) is 0.455. The van der Waals surface area contributed by atoms with Crippen molar-refractivity contribution < 1.29 is 13.5 Å². The molecule has 88 valence electrons. The molecule has 2 rings (SSSR count). The van der Waals surface area contributed by atoms with E-state index in [0.717, 1.165) is 18.5 Å². The zero-order chi connectivity index (χ0) is 11.7. The van der Waals surface area contributed by atoms with Crippen LogP contribution in [-0.4, -0.2) is 19.7 Å². The SMILES string of the molecule is CN(c1ccc(N)c(OC(F)F)c1)C1CC1. The molecule has 0 aliphatic heterocycles. The average molecular weight is 228 g/mol.